The largest absolute Gasteiger partial charge is 0.298 e. The number of likely N-dealkylation sites (tertiary alicyclic amines) is 1. The third kappa shape index (κ3) is 2.69. The van der Waals surface area contributed by atoms with Gasteiger partial charge in [0, 0.05) is 11.5 Å². The van der Waals surface area contributed by atoms with Crippen LogP contribution in [0.5, 0.6) is 0 Å². The van der Waals surface area contributed by atoms with E-state index in [1.807, 2.05) is 0 Å². The van der Waals surface area contributed by atoms with E-state index in [9.17, 15) is 4.79 Å². The number of carbonyl (C=O) groups is 1. The minimum Gasteiger partial charge on any atom is -0.298 e. The number of hydrazine groups is 1. The van der Waals surface area contributed by atoms with Gasteiger partial charge in [-0.25, -0.2) is 5.84 Å². The second-order valence-electron chi connectivity index (χ2n) is 4.94. The Morgan fingerprint density at radius 2 is 1.86 bits per heavy atom. The molecule has 0 radical (unpaired) electrons. The highest BCUT2D eigenvalue weighted by Gasteiger charge is 2.29. The van der Waals surface area contributed by atoms with Gasteiger partial charge in [-0.05, 0) is 46.7 Å². The topological polar surface area (TPSA) is 58.4 Å². The first-order valence-corrected chi connectivity index (χ1v) is 5.20. The van der Waals surface area contributed by atoms with Gasteiger partial charge in [0.05, 0.1) is 0 Å². The minimum atomic E-state index is -0.0152. The van der Waals surface area contributed by atoms with Crippen LogP contribution < -0.4 is 11.3 Å². The number of rotatable bonds is 1. The number of hydrogen-bond acceptors (Lipinski definition) is 3. The van der Waals surface area contributed by atoms with Crippen LogP contribution in [0.25, 0.3) is 0 Å². The first-order chi connectivity index (χ1) is 6.45. The van der Waals surface area contributed by atoms with Crippen LogP contribution in [-0.4, -0.2) is 29.4 Å². The van der Waals surface area contributed by atoms with Crippen molar-refractivity contribution in [1.29, 1.82) is 0 Å². The van der Waals surface area contributed by atoms with Crippen molar-refractivity contribution in [2.45, 2.75) is 39.2 Å². The molecule has 0 spiro atoms. The van der Waals surface area contributed by atoms with Crippen LogP contribution in [0.4, 0.5) is 0 Å². The lowest BCUT2D eigenvalue weighted by Crippen LogP contribution is -2.49. The molecular weight excluding hydrogens is 178 g/mol. The summed E-state index contributed by atoms with van der Waals surface area (Å²) in [6.07, 6.45) is 1.83. The van der Waals surface area contributed by atoms with Crippen molar-refractivity contribution in [1.82, 2.24) is 10.3 Å². The summed E-state index contributed by atoms with van der Waals surface area (Å²) < 4.78 is 0. The number of piperidine rings is 1. The van der Waals surface area contributed by atoms with Crippen molar-refractivity contribution in [3.05, 3.63) is 0 Å². The van der Waals surface area contributed by atoms with Crippen LogP contribution >= 0.6 is 0 Å². The molecule has 1 saturated heterocycles. The summed E-state index contributed by atoms with van der Waals surface area (Å²) in [6, 6.07) is 0. The van der Waals surface area contributed by atoms with E-state index < -0.39 is 0 Å². The van der Waals surface area contributed by atoms with E-state index in [-0.39, 0.29) is 17.4 Å². The summed E-state index contributed by atoms with van der Waals surface area (Å²) in [5.74, 6) is 5.20. The van der Waals surface area contributed by atoms with Crippen molar-refractivity contribution >= 4 is 5.91 Å². The van der Waals surface area contributed by atoms with Gasteiger partial charge < -0.3 is 0 Å². The van der Waals surface area contributed by atoms with E-state index in [4.69, 9.17) is 5.84 Å². The molecule has 3 N–H and O–H groups in total. The van der Waals surface area contributed by atoms with Crippen LogP contribution in [0.15, 0.2) is 0 Å². The highest BCUT2D eigenvalue weighted by molar-refractivity contribution is 5.78. The predicted octanol–water partition coefficient (Wildman–Crippen LogP) is 0.487. The standard InChI is InChI=1S/C10H21N3O/c1-10(2,3)13-6-4-8(5-7-13)9(14)12-11/h8H,4-7,11H2,1-3H3,(H,12,14). The molecule has 0 saturated carbocycles. The minimum absolute atomic E-state index is 0.0152. The van der Waals surface area contributed by atoms with E-state index in [2.05, 4.69) is 31.1 Å². The molecule has 4 nitrogen and oxygen atoms in total. The monoisotopic (exact) mass is 199 g/mol. The average Bonchev–Trinajstić information content (AvgIpc) is 2.15. The fourth-order valence-electron chi connectivity index (χ4n) is 1.93. The Labute approximate surface area is 85.8 Å². The van der Waals surface area contributed by atoms with Crippen LogP contribution in [-0.2, 0) is 4.79 Å². The normalized spacial score (nSPS) is 20.9. The molecule has 1 rings (SSSR count). The van der Waals surface area contributed by atoms with Gasteiger partial charge >= 0.3 is 0 Å². The van der Waals surface area contributed by atoms with E-state index in [1.165, 1.54) is 0 Å². The third-order valence-electron chi connectivity index (χ3n) is 2.96. The lowest BCUT2D eigenvalue weighted by molar-refractivity contribution is -0.127. The Balaban J connectivity index is 2.43. The summed E-state index contributed by atoms with van der Waals surface area (Å²) in [5.41, 5.74) is 2.44. The number of nitrogens with two attached hydrogens (primary N) is 1. The molecule has 1 amide bonds. The molecular formula is C10H21N3O. The van der Waals surface area contributed by atoms with Gasteiger partial charge in [0.25, 0.3) is 0 Å². The quantitative estimate of drug-likeness (QED) is 0.367. The second kappa shape index (κ2) is 4.28. The molecule has 0 bridgehead atoms. The van der Waals surface area contributed by atoms with E-state index in [1.54, 1.807) is 0 Å². The van der Waals surface area contributed by atoms with Crippen molar-refractivity contribution in [2.24, 2.45) is 11.8 Å². The van der Waals surface area contributed by atoms with Gasteiger partial charge in [-0.3, -0.25) is 15.1 Å². The Hall–Kier alpha value is -0.610. The van der Waals surface area contributed by atoms with Crippen LogP contribution in [0.2, 0.25) is 0 Å². The Bertz CT molecular complexity index is 202. The fourth-order valence-corrected chi connectivity index (χ4v) is 1.93. The molecule has 4 heteroatoms. The van der Waals surface area contributed by atoms with E-state index in [0.717, 1.165) is 25.9 Å². The third-order valence-corrected chi connectivity index (χ3v) is 2.96. The summed E-state index contributed by atoms with van der Waals surface area (Å²) in [6.45, 7) is 8.59. The van der Waals surface area contributed by atoms with E-state index in [0.29, 0.717) is 0 Å². The molecule has 0 atom stereocenters. The van der Waals surface area contributed by atoms with Gasteiger partial charge in [0.2, 0.25) is 5.91 Å². The average molecular weight is 199 g/mol. The molecule has 1 fully saturated rings. The van der Waals surface area contributed by atoms with Crippen molar-refractivity contribution in [3.63, 3.8) is 0 Å². The lowest BCUT2D eigenvalue weighted by atomic mass is 9.92. The van der Waals surface area contributed by atoms with Crippen LogP contribution in [0, 0.1) is 5.92 Å². The Morgan fingerprint density at radius 3 is 2.21 bits per heavy atom. The molecule has 1 aliphatic rings. The highest BCUT2D eigenvalue weighted by atomic mass is 16.2. The van der Waals surface area contributed by atoms with Gasteiger partial charge in [0.1, 0.15) is 0 Å². The summed E-state index contributed by atoms with van der Waals surface area (Å²) in [5, 5.41) is 0. The number of amides is 1. The molecule has 1 heterocycles. The van der Waals surface area contributed by atoms with Gasteiger partial charge in [-0.2, -0.15) is 0 Å². The maximum atomic E-state index is 11.3. The van der Waals surface area contributed by atoms with Gasteiger partial charge in [-0.1, -0.05) is 0 Å². The molecule has 82 valence electrons. The molecule has 0 unspecified atom stereocenters. The molecule has 0 aromatic rings. The second-order valence-corrected chi connectivity index (χ2v) is 4.94. The lowest BCUT2D eigenvalue weighted by Gasteiger charge is -2.40. The maximum absolute atomic E-state index is 11.3. The zero-order chi connectivity index (χ0) is 10.8. The van der Waals surface area contributed by atoms with Crippen molar-refractivity contribution in [3.8, 4) is 0 Å². The smallest absolute Gasteiger partial charge is 0.237 e. The summed E-state index contributed by atoms with van der Waals surface area (Å²) >= 11 is 0. The highest BCUT2D eigenvalue weighted by Crippen LogP contribution is 2.23. The SMILES string of the molecule is CC(C)(C)N1CCC(C(=O)NN)CC1. The zero-order valence-corrected chi connectivity index (χ0v) is 9.34. The molecule has 14 heavy (non-hydrogen) atoms. The summed E-state index contributed by atoms with van der Waals surface area (Å²) in [4.78, 5) is 13.7. The fraction of sp³-hybridized carbons (Fsp3) is 0.900. The zero-order valence-electron chi connectivity index (χ0n) is 9.34. The number of nitrogens with zero attached hydrogens (tertiary/aromatic N) is 1. The number of nitrogens with one attached hydrogen (secondary N) is 1. The predicted molar refractivity (Wildman–Crippen MR) is 56.4 cm³/mol. The molecule has 1 aliphatic heterocycles. The van der Waals surface area contributed by atoms with Gasteiger partial charge in [0.15, 0.2) is 0 Å². The molecule has 0 aromatic heterocycles. The first kappa shape index (κ1) is 11.5. The van der Waals surface area contributed by atoms with Crippen LogP contribution in [0.3, 0.4) is 0 Å². The Morgan fingerprint density at radius 1 is 1.36 bits per heavy atom. The molecule has 0 aliphatic carbocycles. The van der Waals surface area contributed by atoms with Crippen molar-refractivity contribution < 1.29 is 4.79 Å². The van der Waals surface area contributed by atoms with E-state index >= 15 is 0 Å². The molecule has 0 aromatic carbocycles. The van der Waals surface area contributed by atoms with Crippen molar-refractivity contribution in [2.75, 3.05) is 13.1 Å². The first-order valence-electron chi connectivity index (χ1n) is 5.20. The van der Waals surface area contributed by atoms with Gasteiger partial charge in [-0.15, -0.1) is 0 Å². The summed E-state index contributed by atoms with van der Waals surface area (Å²) in [7, 11) is 0. The maximum Gasteiger partial charge on any atom is 0.237 e. The number of carbonyl (C=O) groups excluding carboxylic acids is 1. The van der Waals surface area contributed by atoms with Crippen LogP contribution in [0.1, 0.15) is 33.6 Å². The number of hydrogen-bond donors (Lipinski definition) is 2. The Kier molecular flexibility index (Phi) is 3.50.